The van der Waals surface area contributed by atoms with E-state index < -0.39 is 0 Å². The van der Waals surface area contributed by atoms with Crippen molar-refractivity contribution in [1.82, 2.24) is 9.55 Å². The van der Waals surface area contributed by atoms with E-state index in [0.717, 1.165) is 5.69 Å². The van der Waals surface area contributed by atoms with Crippen molar-refractivity contribution in [2.45, 2.75) is 6.54 Å². The van der Waals surface area contributed by atoms with Gasteiger partial charge in [0.1, 0.15) is 5.75 Å². The van der Waals surface area contributed by atoms with Gasteiger partial charge in [-0.15, -0.1) is 0 Å². The third-order valence-electron chi connectivity index (χ3n) is 2.01. The molecule has 0 saturated carbocycles. The summed E-state index contributed by atoms with van der Waals surface area (Å²) >= 11 is 0. The highest BCUT2D eigenvalue weighted by molar-refractivity contribution is 5.45. The van der Waals surface area contributed by atoms with Crippen LogP contribution < -0.4 is 5.73 Å². The fraction of sp³-hybridized carbons (Fsp3) is 0.100. The molecule has 0 aliphatic heterocycles. The van der Waals surface area contributed by atoms with Gasteiger partial charge in [-0.2, -0.15) is 0 Å². The molecule has 0 unspecified atom stereocenters. The van der Waals surface area contributed by atoms with Crippen molar-refractivity contribution in [2.75, 3.05) is 0 Å². The van der Waals surface area contributed by atoms with Crippen LogP contribution in [0, 0.1) is 0 Å². The lowest BCUT2D eigenvalue weighted by molar-refractivity contribution is 0.472. The summed E-state index contributed by atoms with van der Waals surface area (Å²) in [5, 5.41) is 9.57. The first-order chi connectivity index (χ1) is 6.81. The van der Waals surface area contributed by atoms with E-state index in [1.54, 1.807) is 29.2 Å². The van der Waals surface area contributed by atoms with E-state index in [2.05, 4.69) is 4.98 Å². The average Bonchev–Trinajstić information content (AvgIpc) is 2.67. The van der Waals surface area contributed by atoms with Crippen LogP contribution in [0.5, 0.6) is 5.75 Å². The van der Waals surface area contributed by atoms with Crippen LogP contribution in [-0.4, -0.2) is 14.7 Å². The van der Waals surface area contributed by atoms with Crippen molar-refractivity contribution < 1.29 is 5.11 Å². The molecular weight excluding hydrogens is 178 g/mol. The highest BCUT2D eigenvalue weighted by atomic mass is 16.3. The van der Waals surface area contributed by atoms with Gasteiger partial charge in [0.15, 0.2) is 0 Å². The van der Waals surface area contributed by atoms with Crippen LogP contribution in [0.25, 0.3) is 5.69 Å². The Morgan fingerprint density at radius 1 is 1.36 bits per heavy atom. The summed E-state index contributed by atoms with van der Waals surface area (Å²) in [5.74, 6) is 0.230. The first kappa shape index (κ1) is 8.77. The molecule has 1 aromatic carbocycles. The van der Waals surface area contributed by atoms with Gasteiger partial charge >= 0.3 is 0 Å². The molecule has 3 N–H and O–H groups in total. The van der Waals surface area contributed by atoms with Crippen molar-refractivity contribution in [3.05, 3.63) is 42.5 Å². The van der Waals surface area contributed by atoms with Crippen molar-refractivity contribution in [1.29, 1.82) is 0 Å². The Hall–Kier alpha value is -1.81. The predicted octanol–water partition coefficient (Wildman–Crippen LogP) is 1.04. The zero-order chi connectivity index (χ0) is 9.97. The SMILES string of the molecule is NCc1cn(-c2ccccc2O)cn1. The minimum absolute atomic E-state index is 0.230. The minimum atomic E-state index is 0.230. The summed E-state index contributed by atoms with van der Waals surface area (Å²) in [5.41, 5.74) is 6.95. The predicted molar refractivity (Wildman–Crippen MR) is 53.1 cm³/mol. The molecule has 0 bridgehead atoms. The molecule has 0 radical (unpaired) electrons. The number of nitrogens with zero attached hydrogens (tertiary/aromatic N) is 2. The van der Waals surface area contributed by atoms with E-state index >= 15 is 0 Å². The maximum absolute atomic E-state index is 9.57. The van der Waals surface area contributed by atoms with Crippen LogP contribution in [0.4, 0.5) is 0 Å². The number of phenolic OH excluding ortho intramolecular Hbond substituents is 1. The molecule has 0 fully saturated rings. The van der Waals surface area contributed by atoms with Crippen molar-refractivity contribution in [2.24, 2.45) is 5.73 Å². The Labute approximate surface area is 81.6 Å². The highest BCUT2D eigenvalue weighted by Gasteiger charge is 2.02. The smallest absolute Gasteiger partial charge is 0.139 e. The summed E-state index contributed by atoms with van der Waals surface area (Å²) < 4.78 is 1.75. The zero-order valence-electron chi connectivity index (χ0n) is 7.59. The van der Waals surface area contributed by atoms with Gasteiger partial charge in [-0.25, -0.2) is 4.98 Å². The lowest BCUT2D eigenvalue weighted by Crippen LogP contribution is -1.95. The summed E-state index contributed by atoms with van der Waals surface area (Å²) in [6, 6.07) is 7.09. The fourth-order valence-corrected chi connectivity index (χ4v) is 1.28. The van der Waals surface area contributed by atoms with E-state index in [-0.39, 0.29) is 5.75 Å². The normalized spacial score (nSPS) is 10.4. The molecule has 2 rings (SSSR count). The van der Waals surface area contributed by atoms with E-state index in [4.69, 9.17) is 5.73 Å². The molecule has 72 valence electrons. The number of benzene rings is 1. The molecule has 0 atom stereocenters. The second-order valence-corrected chi connectivity index (χ2v) is 2.97. The molecule has 0 saturated heterocycles. The van der Waals surface area contributed by atoms with Gasteiger partial charge in [-0.05, 0) is 12.1 Å². The first-order valence-electron chi connectivity index (χ1n) is 4.32. The standard InChI is InChI=1S/C10H11N3O/c11-5-8-6-13(7-12-8)9-3-1-2-4-10(9)14/h1-4,6-7,14H,5,11H2. The number of phenols is 1. The van der Waals surface area contributed by atoms with E-state index in [9.17, 15) is 5.11 Å². The summed E-state index contributed by atoms with van der Waals surface area (Å²) in [6.07, 6.45) is 3.44. The number of para-hydroxylation sites is 2. The zero-order valence-corrected chi connectivity index (χ0v) is 7.59. The van der Waals surface area contributed by atoms with Gasteiger partial charge in [-0.3, -0.25) is 0 Å². The van der Waals surface area contributed by atoms with E-state index in [1.165, 1.54) is 0 Å². The minimum Gasteiger partial charge on any atom is -0.506 e. The topological polar surface area (TPSA) is 64.1 Å². The number of aromatic nitrogens is 2. The molecule has 14 heavy (non-hydrogen) atoms. The Bertz CT molecular complexity index is 436. The fourth-order valence-electron chi connectivity index (χ4n) is 1.28. The Morgan fingerprint density at radius 2 is 2.14 bits per heavy atom. The second-order valence-electron chi connectivity index (χ2n) is 2.97. The van der Waals surface area contributed by atoms with Gasteiger partial charge < -0.3 is 15.4 Å². The molecule has 1 heterocycles. The molecular formula is C10H11N3O. The number of nitrogens with two attached hydrogens (primary N) is 1. The number of rotatable bonds is 2. The van der Waals surface area contributed by atoms with Crippen LogP contribution in [0.2, 0.25) is 0 Å². The average molecular weight is 189 g/mol. The largest absolute Gasteiger partial charge is 0.506 e. The Balaban J connectivity index is 2.44. The third-order valence-corrected chi connectivity index (χ3v) is 2.01. The molecule has 0 amide bonds. The van der Waals surface area contributed by atoms with Crippen molar-refractivity contribution in [3.8, 4) is 11.4 Å². The number of aromatic hydroxyl groups is 1. The van der Waals surface area contributed by atoms with Gasteiger partial charge in [0.2, 0.25) is 0 Å². The second kappa shape index (κ2) is 3.51. The summed E-state index contributed by atoms with van der Waals surface area (Å²) in [4.78, 5) is 4.08. The summed E-state index contributed by atoms with van der Waals surface area (Å²) in [7, 11) is 0. The third kappa shape index (κ3) is 1.47. The molecule has 0 aliphatic rings. The van der Waals surface area contributed by atoms with Crippen LogP contribution >= 0.6 is 0 Å². The highest BCUT2D eigenvalue weighted by Crippen LogP contribution is 2.20. The van der Waals surface area contributed by atoms with Crippen LogP contribution in [0.1, 0.15) is 5.69 Å². The first-order valence-corrected chi connectivity index (χ1v) is 4.32. The van der Waals surface area contributed by atoms with Crippen molar-refractivity contribution in [3.63, 3.8) is 0 Å². The quantitative estimate of drug-likeness (QED) is 0.741. The Kier molecular flexibility index (Phi) is 2.20. The molecule has 0 aliphatic carbocycles. The van der Waals surface area contributed by atoms with Gasteiger partial charge in [0, 0.05) is 12.7 Å². The lowest BCUT2D eigenvalue weighted by atomic mass is 10.3. The lowest BCUT2D eigenvalue weighted by Gasteiger charge is -2.03. The molecule has 0 spiro atoms. The number of hydrogen-bond donors (Lipinski definition) is 2. The summed E-state index contributed by atoms with van der Waals surface area (Å²) in [6.45, 7) is 0.403. The number of hydrogen-bond acceptors (Lipinski definition) is 3. The van der Waals surface area contributed by atoms with Gasteiger partial charge in [0.05, 0.1) is 17.7 Å². The number of imidazole rings is 1. The Morgan fingerprint density at radius 3 is 2.79 bits per heavy atom. The van der Waals surface area contributed by atoms with Crippen molar-refractivity contribution >= 4 is 0 Å². The molecule has 4 nitrogen and oxygen atoms in total. The maximum Gasteiger partial charge on any atom is 0.139 e. The van der Waals surface area contributed by atoms with E-state index in [1.807, 2.05) is 12.1 Å². The monoisotopic (exact) mass is 189 g/mol. The van der Waals surface area contributed by atoms with Crippen LogP contribution in [-0.2, 0) is 6.54 Å². The molecule has 4 heteroatoms. The van der Waals surface area contributed by atoms with E-state index in [0.29, 0.717) is 12.2 Å². The van der Waals surface area contributed by atoms with Gasteiger partial charge in [0.25, 0.3) is 0 Å². The van der Waals surface area contributed by atoms with Crippen LogP contribution in [0.3, 0.4) is 0 Å². The van der Waals surface area contributed by atoms with Crippen LogP contribution in [0.15, 0.2) is 36.8 Å². The van der Waals surface area contributed by atoms with Gasteiger partial charge in [-0.1, -0.05) is 12.1 Å². The molecule has 2 aromatic rings. The molecule has 1 aromatic heterocycles. The maximum atomic E-state index is 9.57.